The van der Waals surface area contributed by atoms with E-state index in [1.807, 2.05) is 0 Å². The van der Waals surface area contributed by atoms with Gasteiger partial charge in [0.1, 0.15) is 11.9 Å². The highest BCUT2D eigenvalue weighted by molar-refractivity contribution is 5.85. The summed E-state index contributed by atoms with van der Waals surface area (Å²) in [5.41, 5.74) is 7.62. The minimum Gasteiger partial charge on any atom is -0.368 e. The van der Waals surface area contributed by atoms with E-state index >= 15 is 0 Å². The number of hydrogen-bond acceptors (Lipinski definition) is 6. The molecule has 1 saturated heterocycles. The van der Waals surface area contributed by atoms with Gasteiger partial charge in [-0.05, 0) is 6.42 Å². The summed E-state index contributed by atoms with van der Waals surface area (Å²) < 4.78 is 0. The number of carbonyl (C=O) groups is 1. The number of nitrogens with one attached hydrogen (secondary N) is 1. The molecule has 7 heteroatoms. The average molecular weight is 208 g/mol. The zero-order valence-electron chi connectivity index (χ0n) is 8.05. The van der Waals surface area contributed by atoms with Crippen molar-refractivity contribution in [3.8, 4) is 0 Å². The Hall–Kier alpha value is -1.89. The Bertz CT molecular complexity index is 381. The summed E-state index contributed by atoms with van der Waals surface area (Å²) in [6.45, 7) is 0.760. The number of hydrazine groups is 1. The molecule has 0 saturated carbocycles. The van der Waals surface area contributed by atoms with E-state index in [4.69, 9.17) is 11.6 Å². The Kier molecular flexibility index (Phi) is 2.38. The standard InChI is InChI=1S/C8H12N6O/c9-8(15)5-1-2-14(5)7-4-11-3-6(12-7)13-10/h3-5H,1-2,10H2,(H2,9,15)(H,12,13). The molecule has 2 heterocycles. The molecule has 1 fully saturated rings. The molecule has 1 amide bonds. The summed E-state index contributed by atoms with van der Waals surface area (Å²) in [6, 6.07) is -0.271. The number of carbonyl (C=O) groups excluding carboxylic acids is 1. The first-order chi connectivity index (χ1) is 7.22. The van der Waals surface area contributed by atoms with Crippen LogP contribution < -0.4 is 21.9 Å². The second-order valence-corrected chi connectivity index (χ2v) is 3.31. The number of aromatic nitrogens is 2. The first-order valence-corrected chi connectivity index (χ1v) is 4.57. The molecule has 15 heavy (non-hydrogen) atoms. The summed E-state index contributed by atoms with van der Waals surface area (Å²) in [5, 5.41) is 0. The van der Waals surface area contributed by atoms with Crippen LogP contribution in [0.25, 0.3) is 0 Å². The highest BCUT2D eigenvalue weighted by atomic mass is 16.1. The fourth-order valence-electron chi connectivity index (χ4n) is 1.52. The SMILES string of the molecule is NNc1cncc(N2CCC2C(N)=O)n1. The van der Waals surface area contributed by atoms with Crippen molar-refractivity contribution in [3.05, 3.63) is 12.4 Å². The minimum atomic E-state index is -0.339. The van der Waals surface area contributed by atoms with Crippen LogP contribution in [0.2, 0.25) is 0 Å². The molecule has 7 nitrogen and oxygen atoms in total. The van der Waals surface area contributed by atoms with E-state index in [-0.39, 0.29) is 11.9 Å². The Morgan fingerprint density at radius 1 is 1.60 bits per heavy atom. The largest absolute Gasteiger partial charge is 0.368 e. The van der Waals surface area contributed by atoms with Crippen LogP contribution in [0.1, 0.15) is 6.42 Å². The molecule has 5 N–H and O–H groups in total. The van der Waals surface area contributed by atoms with Gasteiger partial charge in [-0.25, -0.2) is 10.8 Å². The normalized spacial score (nSPS) is 19.5. The highest BCUT2D eigenvalue weighted by Crippen LogP contribution is 2.24. The molecule has 1 aliphatic heterocycles. The predicted octanol–water partition coefficient (Wildman–Crippen LogP) is -1.17. The lowest BCUT2D eigenvalue weighted by Gasteiger charge is -2.39. The molecule has 0 spiro atoms. The number of nitrogens with two attached hydrogens (primary N) is 2. The first-order valence-electron chi connectivity index (χ1n) is 4.57. The maximum absolute atomic E-state index is 11.0. The van der Waals surface area contributed by atoms with Crippen molar-refractivity contribution >= 4 is 17.5 Å². The first kappa shape index (κ1) is 9.66. The Morgan fingerprint density at radius 2 is 2.40 bits per heavy atom. The molecular weight excluding hydrogens is 196 g/mol. The number of hydrogen-bond donors (Lipinski definition) is 3. The molecular formula is C8H12N6O. The Labute approximate surface area is 86.4 Å². The number of nitrogen functional groups attached to an aromatic ring is 1. The van der Waals surface area contributed by atoms with Crippen molar-refractivity contribution in [3.63, 3.8) is 0 Å². The molecule has 0 aromatic carbocycles. The fraction of sp³-hybridized carbons (Fsp3) is 0.375. The Balaban J connectivity index is 2.19. The van der Waals surface area contributed by atoms with E-state index in [1.54, 1.807) is 11.1 Å². The fourth-order valence-corrected chi connectivity index (χ4v) is 1.52. The van der Waals surface area contributed by atoms with Crippen LogP contribution in [0, 0.1) is 0 Å². The highest BCUT2D eigenvalue weighted by Gasteiger charge is 2.33. The summed E-state index contributed by atoms with van der Waals surface area (Å²) in [6.07, 6.45) is 3.84. The molecule has 2 rings (SSSR count). The van der Waals surface area contributed by atoms with Gasteiger partial charge in [0, 0.05) is 6.54 Å². The quantitative estimate of drug-likeness (QED) is 0.426. The van der Waals surface area contributed by atoms with Gasteiger partial charge >= 0.3 is 0 Å². The van der Waals surface area contributed by atoms with Gasteiger partial charge in [0.15, 0.2) is 5.82 Å². The molecule has 0 bridgehead atoms. The lowest BCUT2D eigenvalue weighted by molar-refractivity contribution is -0.120. The van der Waals surface area contributed by atoms with Gasteiger partial charge in [0.05, 0.1) is 12.4 Å². The van der Waals surface area contributed by atoms with Crippen LogP contribution >= 0.6 is 0 Å². The third-order valence-corrected chi connectivity index (χ3v) is 2.41. The van der Waals surface area contributed by atoms with Crippen molar-refractivity contribution in [1.82, 2.24) is 9.97 Å². The smallest absolute Gasteiger partial charge is 0.240 e. The average Bonchev–Trinajstić information content (AvgIpc) is 2.15. The third-order valence-electron chi connectivity index (χ3n) is 2.41. The van der Waals surface area contributed by atoms with Gasteiger partial charge < -0.3 is 16.1 Å². The molecule has 80 valence electrons. The maximum Gasteiger partial charge on any atom is 0.240 e. The molecule has 0 aliphatic carbocycles. The maximum atomic E-state index is 11.0. The lowest BCUT2D eigenvalue weighted by Crippen LogP contribution is -2.55. The predicted molar refractivity (Wildman–Crippen MR) is 54.8 cm³/mol. The molecule has 1 aromatic rings. The molecule has 1 unspecified atom stereocenters. The monoisotopic (exact) mass is 208 g/mol. The topological polar surface area (TPSA) is 110 Å². The number of rotatable bonds is 3. The van der Waals surface area contributed by atoms with E-state index < -0.39 is 0 Å². The summed E-state index contributed by atoms with van der Waals surface area (Å²) in [5.74, 6) is 5.94. The summed E-state index contributed by atoms with van der Waals surface area (Å²) >= 11 is 0. The van der Waals surface area contributed by atoms with Crippen LogP contribution in [0.15, 0.2) is 12.4 Å². The molecule has 1 atom stereocenters. The van der Waals surface area contributed by atoms with Crippen LogP contribution in [0.5, 0.6) is 0 Å². The van der Waals surface area contributed by atoms with Crippen molar-refractivity contribution in [2.24, 2.45) is 11.6 Å². The van der Waals surface area contributed by atoms with E-state index in [9.17, 15) is 4.79 Å². The number of anilines is 2. The second-order valence-electron chi connectivity index (χ2n) is 3.31. The molecule has 0 radical (unpaired) electrons. The van der Waals surface area contributed by atoms with Gasteiger partial charge in [0.2, 0.25) is 5.91 Å². The van der Waals surface area contributed by atoms with Gasteiger partial charge in [-0.15, -0.1) is 0 Å². The van der Waals surface area contributed by atoms with E-state index in [0.717, 1.165) is 13.0 Å². The third kappa shape index (κ3) is 1.68. The zero-order valence-corrected chi connectivity index (χ0v) is 8.05. The number of nitrogens with zero attached hydrogens (tertiary/aromatic N) is 3. The molecule has 1 aliphatic rings. The summed E-state index contributed by atoms with van der Waals surface area (Å²) in [7, 11) is 0. The minimum absolute atomic E-state index is 0.271. The van der Waals surface area contributed by atoms with Crippen LogP contribution in [-0.2, 0) is 4.79 Å². The van der Waals surface area contributed by atoms with Crippen molar-refractivity contribution in [2.45, 2.75) is 12.5 Å². The van der Waals surface area contributed by atoms with E-state index in [0.29, 0.717) is 11.6 Å². The van der Waals surface area contributed by atoms with Crippen molar-refractivity contribution in [1.29, 1.82) is 0 Å². The van der Waals surface area contributed by atoms with Crippen LogP contribution in [0.4, 0.5) is 11.6 Å². The van der Waals surface area contributed by atoms with E-state index in [2.05, 4.69) is 15.4 Å². The number of amides is 1. The summed E-state index contributed by atoms with van der Waals surface area (Å²) in [4.78, 5) is 20.9. The zero-order chi connectivity index (χ0) is 10.8. The van der Waals surface area contributed by atoms with Crippen molar-refractivity contribution in [2.75, 3.05) is 16.9 Å². The van der Waals surface area contributed by atoms with Gasteiger partial charge in [0.25, 0.3) is 0 Å². The van der Waals surface area contributed by atoms with Crippen molar-refractivity contribution < 1.29 is 4.79 Å². The van der Waals surface area contributed by atoms with Gasteiger partial charge in [-0.1, -0.05) is 0 Å². The van der Waals surface area contributed by atoms with Crippen LogP contribution in [-0.4, -0.2) is 28.5 Å². The van der Waals surface area contributed by atoms with Gasteiger partial charge in [-0.3, -0.25) is 9.78 Å². The van der Waals surface area contributed by atoms with Gasteiger partial charge in [-0.2, -0.15) is 0 Å². The second kappa shape index (κ2) is 3.70. The number of primary amides is 1. The lowest BCUT2D eigenvalue weighted by atomic mass is 10.0. The van der Waals surface area contributed by atoms with Crippen LogP contribution in [0.3, 0.4) is 0 Å². The van der Waals surface area contributed by atoms with E-state index in [1.165, 1.54) is 6.20 Å². The Morgan fingerprint density at radius 3 is 2.93 bits per heavy atom. The molecule has 1 aromatic heterocycles.